The Kier molecular flexibility index (Phi) is 5.97. The van der Waals surface area contributed by atoms with Crippen LogP contribution in [0.4, 0.5) is 0 Å². The van der Waals surface area contributed by atoms with Gasteiger partial charge in [0, 0.05) is 11.1 Å². The molecule has 1 aromatic heterocycles. The molecule has 0 aliphatic carbocycles. The van der Waals surface area contributed by atoms with E-state index in [9.17, 15) is 9.90 Å². The molecule has 0 atom stereocenters. The summed E-state index contributed by atoms with van der Waals surface area (Å²) >= 11 is 0. The molecule has 0 saturated heterocycles. The Morgan fingerprint density at radius 2 is 1.86 bits per heavy atom. The predicted octanol–water partition coefficient (Wildman–Crippen LogP) is 4.39. The van der Waals surface area contributed by atoms with E-state index in [1.165, 1.54) is 0 Å². The molecule has 0 saturated carbocycles. The van der Waals surface area contributed by atoms with E-state index < -0.39 is 5.97 Å². The van der Waals surface area contributed by atoms with Gasteiger partial charge in [0.1, 0.15) is 0 Å². The molecule has 0 unspecified atom stereocenters. The van der Waals surface area contributed by atoms with Crippen LogP contribution in [0.3, 0.4) is 0 Å². The second-order valence-corrected chi connectivity index (χ2v) is 6.59. The van der Waals surface area contributed by atoms with Gasteiger partial charge in [-0.3, -0.25) is 4.79 Å². The predicted molar refractivity (Wildman–Crippen MR) is 109 cm³/mol. The van der Waals surface area contributed by atoms with Gasteiger partial charge in [-0.05, 0) is 49.2 Å². The Balaban J connectivity index is 2.00. The number of hydrogen-bond acceptors (Lipinski definition) is 6. The van der Waals surface area contributed by atoms with Gasteiger partial charge in [-0.25, -0.2) is 0 Å². The normalized spacial score (nSPS) is 11.4. The lowest BCUT2D eigenvalue weighted by atomic mass is 10.0. The molecular formula is C22H22N2O5. The van der Waals surface area contributed by atoms with Crippen molar-refractivity contribution in [2.45, 2.75) is 20.3 Å². The van der Waals surface area contributed by atoms with Gasteiger partial charge in [0.05, 0.1) is 20.6 Å². The zero-order valence-corrected chi connectivity index (χ0v) is 16.7. The summed E-state index contributed by atoms with van der Waals surface area (Å²) in [6.07, 6.45) is 1.54. The Bertz CT molecular complexity index is 1070. The summed E-state index contributed by atoms with van der Waals surface area (Å²) in [5.74, 6) is 0.635. The number of nitrogens with zero attached hydrogens (tertiary/aromatic N) is 2. The Labute approximate surface area is 168 Å². The number of aromatic nitrogens is 2. The molecule has 0 aliphatic heterocycles. The monoisotopic (exact) mass is 394 g/mol. The number of hydrogen-bond donors (Lipinski definition) is 1. The van der Waals surface area contributed by atoms with Crippen LogP contribution in [-0.2, 0) is 4.79 Å². The van der Waals surface area contributed by atoms with Gasteiger partial charge in [0.25, 0.3) is 5.89 Å². The van der Waals surface area contributed by atoms with E-state index in [1.807, 2.05) is 32.0 Å². The number of rotatable bonds is 7. The Hall–Kier alpha value is -3.61. The van der Waals surface area contributed by atoms with Crippen LogP contribution in [-0.4, -0.2) is 35.4 Å². The maximum atomic E-state index is 11.4. The number of methoxy groups -OCH3 is 2. The van der Waals surface area contributed by atoms with Crippen LogP contribution in [0, 0.1) is 13.8 Å². The Morgan fingerprint density at radius 1 is 1.10 bits per heavy atom. The van der Waals surface area contributed by atoms with E-state index in [0.29, 0.717) is 28.5 Å². The minimum atomic E-state index is -0.980. The fourth-order valence-corrected chi connectivity index (χ4v) is 2.97. The van der Waals surface area contributed by atoms with Gasteiger partial charge < -0.3 is 19.1 Å². The lowest BCUT2D eigenvalue weighted by molar-refractivity contribution is -0.135. The SMILES string of the molecule is COc1ccc(-c2noc(/C(=C/c3ccc(C)cc3C)CC(=O)O)n2)cc1OC. The highest BCUT2D eigenvalue weighted by molar-refractivity contribution is 5.90. The number of aryl methyl sites for hydroxylation is 2. The second kappa shape index (κ2) is 8.60. The molecule has 1 N–H and O–H groups in total. The summed E-state index contributed by atoms with van der Waals surface area (Å²) in [7, 11) is 3.10. The van der Waals surface area contributed by atoms with E-state index in [0.717, 1.165) is 16.7 Å². The van der Waals surface area contributed by atoms with Crippen LogP contribution in [0.2, 0.25) is 0 Å². The van der Waals surface area contributed by atoms with Crippen LogP contribution in [0.15, 0.2) is 40.9 Å². The summed E-state index contributed by atoms with van der Waals surface area (Å²) in [5, 5.41) is 13.3. The average Bonchev–Trinajstić information content (AvgIpc) is 3.18. The third kappa shape index (κ3) is 4.63. The fraction of sp³-hybridized carbons (Fsp3) is 0.227. The molecule has 150 valence electrons. The molecule has 0 spiro atoms. The minimum absolute atomic E-state index is 0.164. The van der Waals surface area contributed by atoms with E-state index in [4.69, 9.17) is 14.0 Å². The molecule has 1 heterocycles. The summed E-state index contributed by atoms with van der Waals surface area (Å²) in [4.78, 5) is 15.8. The van der Waals surface area contributed by atoms with Crippen molar-refractivity contribution in [3.05, 3.63) is 59.0 Å². The lowest BCUT2D eigenvalue weighted by Gasteiger charge is -2.07. The number of carboxylic acid groups (broad SMARTS) is 1. The topological polar surface area (TPSA) is 94.7 Å². The van der Waals surface area contributed by atoms with E-state index >= 15 is 0 Å². The van der Waals surface area contributed by atoms with E-state index in [-0.39, 0.29) is 12.3 Å². The van der Waals surface area contributed by atoms with E-state index in [2.05, 4.69) is 10.1 Å². The highest BCUT2D eigenvalue weighted by Gasteiger charge is 2.17. The van der Waals surface area contributed by atoms with E-state index in [1.54, 1.807) is 38.5 Å². The number of carboxylic acids is 1. The molecule has 0 amide bonds. The van der Waals surface area contributed by atoms with Gasteiger partial charge in [0.15, 0.2) is 11.5 Å². The number of aliphatic carboxylic acids is 1. The molecular weight excluding hydrogens is 372 g/mol. The fourth-order valence-electron chi connectivity index (χ4n) is 2.97. The van der Waals surface area contributed by atoms with Gasteiger partial charge in [-0.15, -0.1) is 0 Å². The number of carbonyl (C=O) groups is 1. The number of benzene rings is 2. The molecule has 3 aromatic rings. The van der Waals surface area contributed by atoms with Crippen molar-refractivity contribution in [3.63, 3.8) is 0 Å². The zero-order chi connectivity index (χ0) is 21.0. The highest BCUT2D eigenvalue weighted by atomic mass is 16.5. The van der Waals surface area contributed by atoms with Crippen molar-refractivity contribution in [2.24, 2.45) is 0 Å². The molecule has 0 bridgehead atoms. The van der Waals surface area contributed by atoms with Crippen LogP contribution in [0.25, 0.3) is 23.0 Å². The third-order valence-corrected chi connectivity index (χ3v) is 4.44. The maximum absolute atomic E-state index is 11.4. The minimum Gasteiger partial charge on any atom is -0.493 e. The largest absolute Gasteiger partial charge is 0.493 e. The smallest absolute Gasteiger partial charge is 0.308 e. The summed E-state index contributed by atoms with van der Waals surface area (Å²) in [6.45, 7) is 3.98. The van der Waals surface area contributed by atoms with Crippen LogP contribution in [0.1, 0.15) is 29.0 Å². The molecule has 3 rings (SSSR count). The van der Waals surface area contributed by atoms with Crippen molar-refractivity contribution in [1.29, 1.82) is 0 Å². The quantitative estimate of drug-likeness (QED) is 0.635. The first-order valence-electron chi connectivity index (χ1n) is 8.97. The first-order chi connectivity index (χ1) is 13.9. The lowest BCUT2D eigenvalue weighted by Crippen LogP contribution is -1.98. The molecule has 29 heavy (non-hydrogen) atoms. The molecule has 0 aliphatic rings. The van der Waals surface area contributed by atoms with Crippen molar-refractivity contribution >= 4 is 17.6 Å². The average molecular weight is 394 g/mol. The van der Waals surface area contributed by atoms with Crippen molar-refractivity contribution in [1.82, 2.24) is 10.1 Å². The van der Waals surface area contributed by atoms with Gasteiger partial charge in [-0.1, -0.05) is 28.9 Å². The summed E-state index contributed by atoms with van der Waals surface area (Å²) in [6, 6.07) is 11.2. The third-order valence-electron chi connectivity index (χ3n) is 4.44. The number of ether oxygens (including phenoxy) is 2. The first-order valence-corrected chi connectivity index (χ1v) is 8.97. The highest BCUT2D eigenvalue weighted by Crippen LogP contribution is 2.32. The second-order valence-electron chi connectivity index (χ2n) is 6.59. The molecule has 2 aromatic carbocycles. The van der Waals surface area contributed by atoms with Crippen molar-refractivity contribution in [2.75, 3.05) is 14.2 Å². The van der Waals surface area contributed by atoms with Crippen LogP contribution >= 0.6 is 0 Å². The van der Waals surface area contributed by atoms with Gasteiger partial charge in [0.2, 0.25) is 5.82 Å². The van der Waals surface area contributed by atoms with Crippen molar-refractivity contribution in [3.8, 4) is 22.9 Å². The first kappa shape index (κ1) is 20.1. The van der Waals surface area contributed by atoms with Crippen LogP contribution in [0.5, 0.6) is 11.5 Å². The maximum Gasteiger partial charge on any atom is 0.308 e. The zero-order valence-electron chi connectivity index (χ0n) is 16.7. The molecule has 0 fully saturated rings. The molecule has 0 radical (unpaired) electrons. The summed E-state index contributed by atoms with van der Waals surface area (Å²) < 4.78 is 15.9. The van der Waals surface area contributed by atoms with Gasteiger partial charge in [-0.2, -0.15) is 4.98 Å². The van der Waals surface area contributed by atoms with Crippen molar-refractivity contribution < 1.29 is 23.9 Å². The molecule has 7 nitrogen and oxygen atoms in total. The summed E-state index contributed by atoms with van der Waals surface area (Å²) in [5.41, 5.74) is 4.17. The van der Waals surface area contributed by atoms with Crippen LogP contribution < -0.4 is 9.47 Å². The molecule has 7 heteroatoms. The Morgan fingerprint density at radius 3 is 2.52 bits per heavy atom. The standard InChI is InChI=1S/C22H22N2O5/c1-13-5-6-15(14(2)9-13)10-17(12-20(25)26)22-23-21(24-29-22)16-7-8-18(27-3)19(11-16)28-4/h5-11H,12H2,1-4H3,(H,25,26)/b17-10+. The van der Waals surface area contributed by atoms with Gasteiger partial charge >= 0.3 is 5.97 Å².